The highest BCUT2D eigenvalue weighted by atomic mass is 16.7. The molecule has 0 amide bonds. The second kappa shape index (κ2) is 4.00. The summed E-state index contributed by atoms with van der Waals surface area (Å²) in [5.74, 6) is -0.504. The average molecular weight is 130 g/mol. The third-order valence-corrected chi connectivity index (χ3v) is 0.684. The Balaban J connectivity index is 3.51. The molecule has 0 atom stereocenters. The Kier molecular flexibility index (Phi) is 3.59. The molecule has 0 saturated heterocycles. The lowest BCUT2D eigenvalue weighted by Crippen LogP contribution is -2.07. The van der Waals surface area contributed by atoms with E-state index < -0.39 is 0 Å². The number of carbonyl (C=O) groups excluding carboxylic acids is 1. The van der Waals surface area contributed by atoms with Crippen LogP contribution in [0.5, 0.6) is 0 Å². The lowest BCUT2D eigenvalue weighted by molar-refractivity contribution is -0.148. The smallest absolute Gasteiger partial charge is 0.300 e. The molecule has 0 aromatic heterocycles. The van der Waals surface area contributed by atoms with Gasteiger partial charge in [-0.15, -0.1) is 0 Å². The van der Waals surface area contributed by atoms with Crippen molar-refractivity contribution in [2.75, 3.05) is 7.05 Å². The van der Waals surface area contributed by atoms with Gasteiger partial charge < -0.3 is 0 Å². The Morgan fingerprint density at radius 3 is 2.44 bits per heavy atom. The summed E-state index contributed by atoms with van der Waals surface area (Å²) in [4.78, 5) is 14.8. The molecule has 0 aromatic carbocycles. The molecule has 0 unspecified atom stereocenters. The van der Waals surface area contributed by atoms with Gasteiger partial charge in [0.2, 0.25) is 0 Å². The molecule has 0 aliphatic carbocycles. The molecule has 4 nitrogen and oxygen atoms in total. The summed E-state index contributed by atoms with van der Waals surface area (Å²) in [6, 6.07) is 0. The Hall–Kier alpha value is -0.930. The first kappa shape index (κ1) is 8.07. The quantitative estimate of drug-likeness (QED) is 0.416. The molecule has 0 bridgehead atoms. The molecule has 0 aliphatic rings. The van der Waals surface area contributed by atoms with E-state index in [1.807, 2.05) is 0 Å². The Bertz CT molecular complexity index is 120. The first-order chi connectivity index (χ1) is 4.18. The van der Waals surface area contributed by atoms with Crippen LogP contribution in [0, 0.1) is 5.92 Å². The van der Waals surface area contributed by atoms with E-state index in [0.29, 0.717) is 0 Å². The Morgan fingerprint density at radius 1 is 1.56 bits per heavy atom. The van der Waals surface area contributed by atoms with Crippen molar-refractivity contribution in [2.45, 2.75) is 13.8 Å². The summed E-state index contributed by atoms with van der Waals surface area (Å²) < 4.78 is 0. The molecule has 0 aliphatic heterocycles. The van der Waals surface area contributed by atoms with Crippen LogP contribution in [0.2, 0.25) is 0 Å². The monoisotopic (exact) mass is 130 g/mol. The molecule has 9 heavy (non-hydrogen) atoms. The zero-order valence-corrected chi connectivity index (χ0v) is 5.79. The molecule has 0 spiro atoms. The molecule has 0 aromatic rings. The van der Waals surface area contributed by atoms with Gasteiger partial charge in [0.05, 0.1) is 13.0 Å². The van der Waals surface area contributed by atoms with Crippen molar-refractivity contribution in [1.29, 1.82) is 0 Å². The van der Waals surface area contributed by atoms with Gasteiger partial charge >= 0.3 is 5.97 Å². The van der Waals surface area contributed by atoms with E-state index in [4.69, 9.17) is 0 Å². The largest absolute Gasteiger partial charge is 0.339 e. The van der Waals surface area contributed by atoms with E-state index >= 15 is 0 Å². The van der Waals surface area contributed by atoms with E-state index in [2.05, 4.69) is 15.2 Å². The molecule has 0 rings (SSSR count). The minimum absolute atomic E-state index is 0.143. The molecular formula is C5H10N2O2. The van der Waals surface area contributed by atoms with Crippen LogP contribution in [0.1, 0.15) is 13.8 Å². The molecule has 52 valence electrons. The van der Waals surface area contributed by atoms with Crippen molar-refractivity contribution in [3.05, 3.63) is 0 Å². The highest BCUT2D eigenvalue weighted by molar-refractivity contribution is 5.71. The van der Waals surface area contributed by atoms with Crippen LogP contribution >= 0.6 is 0 Å². The molecule has 0 radical (unpaired) electrons. The molecule has 0 fully saturated rings. The summed E-state index contributed by atoms with van der Waals surface area (Å²) in [7, 11) is 1.44. The normalized spacial score (nSPS) is 10.7. The van der Waals surface area contributed by atoms with Crippen LogP contribution in [0.25, 0.3) is 0 Å². The van der Waals surface area contributed by atoms with Crippen LogP contribution in [-0.4, -0.2) is 13.0 Å². The molecule has 4 heteroatoms. The van der Waals surface area contributed by atoms with Crippen LogP contribution in [0.4, 0.5) is 0 Å². The van der Waals surface area contributed by atoms with Gasteiger partial charge in [0.25, 0.3) is 0 Å². The maximum atomic E-state index is 10.5. The van der Waals surface area contributed by atoms with Crippen LogP contribution < -0.4 is 0 Å². The maximum Gasteiger partial charge on any atom is 0.339 e. The summed E-state index contributed by atoms with van der Waals surface area (Å²) in [6.45, 7) is 3.46. The minimum atomic E-state index is -0.361. The average Bonchev–Trinajstić information content (AvgIpc) is 1.82. The first-order valence-corrected chi connectivity index (χ1v) is 2.68. The van der Waals surface area contributed by atoms with Gasteiger partial charge in [-0.3, -0.25) is 4.84 Å². The SMILES string of the molecule is CN=NOC(=O)C(C)C. The summed E-state index contributed by atoms with van der Waals surface area (Å²) >= 11 is 0. The fourth-order valence-electron chi connectivity index (χ4n) is 0.186. The summed E-state index contributed by atoms with van der Waals surface area (Å²) in [6.07, 6.45) is 0. The van der Waals surface area contributed by atoms with Crippen molar-refractivity contribution in [2.24, 2.45) is 16.3 Å². The zero-order valence-electron chi connectivity index (χ0n) is 5.79. The molecule has 0 saturated carbocycles. The third-order valence-electron chi connectivity index (χ3n) is 0.684. The molecule has 0 heterocycles. The third kappa shape index (κ3) is 3.64. The van der Waals surface area contributed by atoms with Crippen LogP contribution in [0.3, 0.4) is 0 Å². The van der Waals surface area contributed by atoms with Crippen molar-refractivity contribution in [3.63, 3.8) is 0 Å². The molecular weight excluding hydrogens is 120 g/mol. The number of hydrogen-bond donors (Lipinski definition) is 0. The van der Waals surface area contributed by atoms with E-state index in [0.717, 1.165) is 0 Å². The van der Waals surface area contributed by atoms with Gasteiger partial charge in [-0.05, 0) is 0 Å². The van der Waals surface area contributed by atoms with Gasteiger partial charge in [0.15, 0.2) is 0 Å². The fourth-order valence-corrected chi connectivity index (χ4v) is 0.186. The van der Waals surface area contributed by atoms with Crippen LogP contribution in [-0.2, 0) is 9.63 Å². The second-order valence-corrected chi connectivity index (χ2v) is 1.85. The van der Waals surface area contributed by atoms with Crippen molar-refractivity contribution < 1.29 is 9.63 Å². The van der Waals surface area contributed by atoms with Crippen molar-refractivity contribution in [1.82, 2.24) is 0 Å². The zero-order chi connectivity index (χ0) is 7.28. The predicted octanol–water partition coefficient (Wildman–Crippen LogP) is 1.18. The van der Waals surface area contributed by atoms with Gasteiger partial charge in [-0.25, -0.2) is 4.79 Å². The van der Waals surface area contributed by atoms with Gasteiger partial charge in [-0.1, -0.05) is 13.8 Å². The van der Waals surface area contributed by atoms with Crippen molar-refractivity contribution >= 4 is 5.97 Å². The topological polar surface area (TPSA) is 51.0 Å². The maximum absolute atomic E-state index is 10.5. The summed E-state index contributed by atoms with van der Waals surface area (Å²) in [5, 5.41) is 6.31. The number of nitrogens with zero attached hydrogens (tertiary/aromatic N) is 2. The van der Waals surface area contributed by atoms with E-state index in [9.17, 15) is 4.79 Å². The van der Waals surface area contributed by atoms with Gasteiger partial charge in [-0.2, -0.15) is 5.11 Å². The summed E-state index contributed by atoms with van der Waals surface area (Å²) in [5.41, 5.74) is 0. The number of carbonyl (C=O) groups is 1. The lowest BCUT2D eigenvalue weighted by atomic mass is 10.2. The van der Waals surface area contributed by atoms with E-state index in [1.165, 1.54) is 7.05 Å². The van der Waals surface area contributed by atoms with Gasteiger partial charge in [0.1, 0.15) is 0 Å². The standard InChI is InChI=1S/C5H10N2O2/c1-4(2)5(8)9-7-6-3/h4H,1-3H3. The number of hydrogen-bond acceptors (Lipinski definition) is 4. The minimum Gasteiger partial charge on any atom is -0.300 e. The van der Waals surface area contributed by atoms with E-state index in [-0.39, 0.29) is 11.9 Å². The Labute approximate surface area is 53.9 Å². The van der Waals surface area contributed by atoms with E-state index in [1.54, 1.807) is 13.8 Å². The van der Waals surface area contributed by atoms with Crippen LogP contribution in [0.15, 0.2) is 10.4 Å². The Morgan fingerprint density at radius 2 is 2.11 bits per heavy atom. The first-order valence-electron chi connectivity index (χ1n) is 2.68. The highest BCUT2D eigenvalue weighted by Crippen LogP contribution is 1.95. The predicted molar refractivity (Wildman–Crippen MR) is 31.7 cm³/mol. The fraction of sp³-hybridized carbons (Fsp3) is 0.800. The highest BCUT2D eigenvalue weighted by Gasteiger charge is 2.06. The molecule has 0 N–H and O–H groups in total. The van der Waals surface area contributed by atoms with Gasteiger partial charge in [0, 0.05) is 5.28 Å². The van der Waals surface area contributed by atoms with Crippen molar-refractivity contribution in [3.8, 4) is 0 Å². The lowest BCUT2D eigenvalue weighted by Gasteiger charge is -1.96. The number of rotatable bonds is 2. The second-order valence-electron chi connectivity index (χ2n) is 1.85.